The van der Waals surface area contributed by atoms with E-state index in [4.69, 9.17) is 9.47 Å². The molecule has 1 aliphatic rings. The van der Waals surface area contributed by atoms with Gasteiger partial charge in [0, 0.05) is 20.0 Å². The Labute approximate surface area is 74.0 Å². The molecule has 0 fully saturated rings. The Kier molecular flexibility index (Phi) is 2.84. The molecule has 0 aromatic carbocycles. The van der Waals surface area contributed by atoms with E-state index in [-0.39, 0.29) is 0 Å². The summed E-state index contributed by atoms with van der Waals surface area (Å²) < 4.78 is 11.0. The first-order valence-corrected chi connectivity index (χ1v) is 4.30. The predicted octanol–water partition coefficient (Wildman–Crippen LogP) is 1.42. The van der Waals surface area contributed by atoms with E-state index in [9.17, 15) is 0 Å². The maximum atomic E-state index is 5.53. The maximum absolute atomic E-state index is 5.53. The average molecular weight is 171 g/mol. The van der Waals surface area contributed by atoms with Gasteiger partial charge in [-0.1, -0.05) is 13.8 Å². The van der Waals surface area contributed by atoms with E-state index >= 15 is 0 Å². The minimum atomic E-state index is 0.391. The molecule has 0 saturated carbocycles. The van der Waals surface area contributed by atoms with Crippen molar-refractivity contribution in [1.29, 1.82) is 0 Å². The number of ether oxygens (including phenoxy) is 2. The minimum absolute atomic E-state index is 0.391. The van der Waals surface area contributed by atoms with Gasteiger partial charge in [0.25, 0.3) is 0 Å². The van der Waals surface area contributed by atoms with Crippen molar-refractivity contribution in [2.24, 2.45) is 5.92 Å². The van der Waals surface area contributed by atoms with Crippen LogP contribution >= 0.6 is 0 Å². The van der Waals surface area contributed by atoms with E-state index in [0.29, 0.717) is 19.1 Å². The van der Waals surface area contributed by atoms with E-state index in [1.165, 1.54) is 0 Å². The number of hydrogen-bond donors (Lipinski definition) is 0. The molecular weight excluding hydrogens is 154 g/mol. The van der Waals surface area contributed by atoms with E-state index in [1.807, 2.05) is 19.0 Å². The number of allylic oxidation sites excluding steroid dienone is 1. The Balaban J connectivity index is 2.83. The Bertz CT molecular complexity index is 165. The Morgan fingerprint density at radius 1 is 1.17 bits per heavy atom. The minimum Gasteiger partial charge on any atom is -0.489 e. The SMILES string of the molecule is CC(C)C1=C(N(C)C)OCCO1. The van der Waals surface area contributed by atoms with Gasteiger partial charge in [-0.3, -0.25) is 0 Å². The van der Waals surface area contributed by atoms with E-state index in [0.717, 1.165) is 11.6 Å². The van der Waals surface area contributed by atoms with Crippen molar-refractivity contribution < 1.29 is 9.47 Å². The van der Waals surface area contributed by atoms with Crippen molar-refractivity contribution in [3.8, 4) is 0 Å². The summed E-state index contributed by atoms with van der Waals surface area (Å²) in [6.45, 7) is 5.54. The van der Waals surface area contributed by atoms with E-state index in [2.05, 4.69) is 13.8 Å². The highest BCUT2D eigenvalue weighted by molar-refractivity contribution is 5.04. The fraction of sp³-hybridized carbons (Fsp3) is 0.778. The zero-order valence-electron chi connectivity index (χ0n) is 8.26. The first kappa shape index (κ1) is 9.23. The van der Waals surface area contributed by atoms with E-state index in [1.54, 1.807) is 0 Å². The molecule has 3 nitrogen and oxygen atoms in total. The summed E-state index contributed by atoms with van der Waals surface area (Å²) in [4.78, 5) is 1.95. The van der Waals surface area contributed by atoms with Crippen LogP contribution in [0.4, 0.5) is 0 Å². The van der Waals surface area contributed by atoms with Crippen LogP contribution in [0.15, 0.2) is 11.6 Å². The molecule has 1 heterocycles. The normalized spacial score (nSPS) is 17.4. The molecule has 70 valence electrons. The van der Waals surface area contributed by atoms with Crippen LogP contribution in [0.3, 0.4) is 0 Å². The third-order valence-electron chi connectivity index (χ3n) is 1.72. The lowest BCUT2D eigenvalue weighted by atomic mass is 10.1. The van der Waals surface area contributed by atoms with Crippen molar-refractivity contribution >= 4 is 0 Å². The highest BCUT2D eigenvalue weighted by Crippen LogP contribution is 2.21. The molecule has 0 amide bonds. The second kappa shape index (κ2) is 3.70. The molecule has 0 aliphatic carbocycles. The van der Waals surface area contributed by atoms with Crippen LogP contribution < -0.4 is 0 Å². The Morgan fingerprint density at radius 2 is 1.75 bits per heavy atom. The molecule has 0 unspecified atom stereocenters. The van der Waals surface area contributed by atoms with Gasteiger partial charge in [0.15, 0.2) is 5.76 Å². The van der Waals surface area contributed by atoms with E-state index < -0.39 is 0 Å². The highest BCUT2D eigenvalue weighted by atomic mass is 16.6. The molecular formula is C9H17NO2. The quantitative estimate of drug-likeness (QED) is 0.627. The monoisotopic (exact) mass is 171 g/mol. The standard InChI is InChI=1S/C9H17NO2/c1-7(2)8-9(10(3)4)12-6-5-11-8/h7H,5-6H2,1-4H3. The average Bonchev–Trinajstić information content (AvgIpc) is 2.04. The van der Waals surface area contributed by atoms with Crippen molar-refractivity contribution in [2.75, 3.05) is 27.3 Å². The first-order chi connectivity index (χ1) is 5.63. The van der Waals surface area contributed by atoms with Crippen molar-refractivity contribution in [3.05, 3.63) is 11.6 Å². The molecule has 0 saturated heterocycles. The molecule has 0 N–H and O–H groups in total. The number of nitrogens with zero attached hydrogens (tertiary/aromatic N) is 1. The van der Waals surface area contributed by atoms with Gasteiger partial charge in [-0.2, -0.15) is 0 Å². The predicted molar refractivity (Wildman–Crippen MR) is 47.5 cm³/mol. The molecule has 0 radical (unpaired) electrons. The lowest BCUT2D eigenvalue weighted by Gasteiger charge is -2.27. The maximum Gasteiger partial charge on any atom is 0.228 e. The zero-order chi connectivity index (χ0) is 9.14. The van der Waals surface area contributed by atoms with Crippen molar-refractivity contribution in [3.63, 3.8) is 0 Å². The fourth-order valence-corrected chi connectivity index (χ4v) is 1.19. The molecule has 3 heteroatoms. The summed E-state index contributed by atoms with van der Waals surface area (Å²) in [7, 11) is 3.93. The van der Waals surface area contributed by atoms with Gasteiger partial charge in [0.05, 0.1) is 0 Å². The van der Waals surface area contributed by atoms with Gasteiger partial charge < -0.3 is 14.4 Å². The van der Waals surface area contributed by atoms with Gasteiger partial charge in [-0.05, 0) is 0 Å². The fourth-order valence-electron chi connectivity index (χ4n) is 1.19. The van der Waals surface area contributed by atoms with Crippen LogP contribution in [-0.2, 0) is 9.47 Å². The van der Waals surface area contributed by atoms with Crippen LogP contribution in [0, 0.1) is 5.92 Å². The van der Waals surface area contributed by atoms with Crippen LogP contribution in [0.25, 0.3) is 0 Å². The summed E-state index contributed by atoms with van der Waals surface area (Å²) >= 11 is 0. The molecule has 0 bridgehead atoms. The summed E-state index contributed by atoms with van der Waals surface area (Å²) in [5, 5.41) is 0. The number of rotatable bonds is 2. The highest BCUT2D eigenvalue weighted by Gasteiger charge is 2.19. The second-order valence-corrected chi connectivity index (χ2v) is 3.42. The molecule has 12 heavy (non-hydrogen) atoms. The summed E-state index contributed by atoms with van der Waals surface area (Å²) in [6, 6.07) is 0. The van der Waals surface area contributed by atoms with Crippen molar-refractivity contribution in [1.82, 2.24) is 4.90 Å². The van der Waals surface area contributed by atoms with Gasteiger partial charge in [0.2, 0.25) is 5.88 Å². The van der Waals surface area contributed by atoms with Crippen molar-refractivity contribution in [2.45, 2.75) is 13.8 Å². The first-order valence-electron chi connectivity index (χ1n) is 4.30. The van der Waals surface area contributed by atoms with Gasteiger partial charge in [-0.25, -0.2) is 0 Å². The third kappa shape index (κ3) is 1.84. The summed E-state index contributed by atoms with van der Waals surface area (Å²) in [5.74, 6) is 2.23. The molecule has 1 aliphatic heterocycles. The van der Waals surface area contributed by atoms with Crippen LogP contribution in [0.2, 0.25) is 0 Å². The summed E-state index contributed by atoms with van der Waals surface area (Å²) in [5.41, 5.74) is 0. The second-order valence-electron chi connectivity index (χ2n) is 3.42. The Hall–Kier alpha value is -0.860. The molecule has 1 rings (SSSR count). The third-order valence-corrected chi connectivity index (χ3v) is 1.72. The summed E-state index contributed by atoms with van der Waals surface area (Å²) in [6.07, 6.45) is 0. The molecule has 0 atom stereocenters. The molecule has 0 aromatic heterocycles. The molecule has 0 spiro atoms. The van der Waals surface area contributed by atoms with Gasteiger partial charge in [0.1, 0.15) is 13.2 Å². The number of hydrogen-bond acceptors (Lipinski definition) is 3. The smallest absolute Gasteiger partial charge is 0.228 e. The molecule has 0 aromatic rings. The topological polar surface area (TPSA) is 21.7 Å². The van der Waals surface area contributed by atoms with Gasteiger partial charge in [-0.15, -0.1) is 0 Å². The van der Waals surface area contributed by atoms with Crippen LogP contribution in [-0.4, -0.2) is 32.2 Å². The largest absolute Gasteiger partial charge is 0.489 e. The zero-order valence-corrected chi connectivity index (χ0v) is 8.26. The van der Waals surface area contributed by atoms with Crippen LogP contribution in [0.5, 0.6) is 0 Å². The van der Waals surface area contributed by atoms with Gasteiger partial charge >= 0.3 is 0 Å². The Morgan fingerprint density at radius 3 is 2.17 bits per heavy atom. The lowest BCUT2D eigenvalue weighted by Crippen LogP contribution is -2.25. The lowest BCUT2D eigenvalue weighted by molar-refractivity contribution is 0.0148. The van der Waals surface area contributed by atoms with Crippen LogP contribution in [0.1, 0.15) is 13.8 Å².